The van der Waals surface area contributed by atoms with Gasteiger partial charge in [0.15, 0.2) is 0 Å². The molecule has 1 fully saturated rings. The first-order valence-corrected chi connectivity index (χ1v) is 8.20. The summed E-state index contributed by atoms with van der Waals surface area (Å²) in [6.07, 6.45) is 6.51. The molecule has 0 amide bonds. The van der Waals surface area contributed by atoms with Gasteiger partial charge in [-0.25, -0.2) is 0 Å². The molecule has 1 aliphatic rings. The van der Waals surface area contributed by atoms with E-state index in [0.29, 0.717) is 18.3 Å². The van der Waals surface area contributed by atoms with Gasteiger partial charge >= 0.3 is 0 Å². The number of phenols is 1. The molecule has 0 aliphatic heterocycles. The van der Waals surface area contributed by atoms with Crippen LogP contribution >= 0.6 is 0 Å². The van der Waals surface area contributed by atoms with Crippen LogP contribution in [0.15, 0.2) is 12.1 Å². The van der Waals surface area contributed by atoms with Crippen molar-refractivity contribution >= 4 is 0 Å². The van der Waals surface area contributed by atoms with E-state index in [4.69, 9.17) is 5.73 Å². The van der Waals surface area contributed by atoms with E-state index < -0.39 is 0 Å². The molecule has 1 aliphatic carbocycles. The van der Waals surface area contributed by atoms with Gasteiger partial charge in [0.05, 0.1) is 0 Å². The highest BCUT2D eigenvalue weighted by atomic mass is 16.3. The lowest BCUT2D eigenvalue weighted by Gasteiger charge is -2.26. The standard InChI is InChI=1S/C18H30N2O/c1-18(2,3)16-10-13(11-19)9-14(17(16)21)12-20-15-7-5-4-6-8-15/h9-10,15,20-21H,4-8,11-12,19H2,1-3H3. The zero-order chi connectivity index (χ0) is 15.5. The lowest BCUT2D eigenvalue weighted by molar-refractivity contribution is 0.367. The van der Waals surface area contributed by atoms with Crippen LogP contribution in [0.5, 0.6) is 5.75 Å². The number of nitrogens with two attached hydrogens (primary N) is 1. The van der Waals surface area contributed by atoms with Gasteiger partial charge in [-0.1, -0.05) is 46.1 Å². The van der Waals surface area contributed by atoms with E-state index in [2.05, 4.69) is 26.1 Å². The van der Waals surface area contributed by atoms with Gasteiger partial charge in [0.2, 0.25) is 0 Å². The van der Waals surface area contributed by atoms with Gasteiger partial charge in [0, 0.05) is 24.7 Å². The van der Waals surface area contributed by atoms with E-state index in [-0.39, 0.29) is 5.41 Å². The van der Waals surface area contributed by atoms with Gasteiger partial charge < -0.3 is 16.2 Å². The predicted octanol–water partition coefficient (Wildman–Crippen LogP) is 3.57. The second kappa shape index (κ2) is 6.80. The van der Waals surface area contributed by atoms with Gasteiger partial charge in [-0.2, -0.15) is 0 Å². The van der Waals surface area contributed by atoms with Gasteiger partial charge in [-0.05, 0) is 35.4 Å². The van der Waals surface area contributed by atoms with Crippen LogP contribution in [-0.2, 0) is 18.5 Å². The third-order valence-corrected chi connectivity index (χ3v) is 4.48. The summed E-state index contributed by atoms with van der Waals surface area (Å²) in [7, 11) is 0. The predicted molar refractivity (Wildman–Crippen MR) is 88.4 cm³/mol. The molecule has 0 saturated heterocycles. The van der Waals surface area contributed by atoms with Crippen LogP contribution in [-0.4, -0.2) is 11.1 Å². The van der Waals surface area contributed by atoms with Crippen molar-refractivity contribution in [1.29, 1.82) is 0 Å². The van der Waals surface area contributed by atoms with Crippen molar-refractivity contribution in [2.45, 2.75) is 77.4 Å². The molecule has 4 N–H and O–H groups in total. The smallest absolute Gasteiger partial charge is 0.123 e. The van der Waals surface area contributed by atoms with Crippen LogP contribution in [0, 0.1) is 0 Å². The lowest BCUT2D eigenvalue weighted by atomic mass is 9.84. The highest BCUT2D eigenvalue weighted by molar-refractivity contribution is 5.47. The fourth-order valence-corrected chi connectivity index (χ4v) is 3.15. The van der Waals surface area contributed by atoms with E-state index in [1.165, 1.54) is 32.1 Å². The highest BCUT2D eigenvalue weighted by Gasteiger charge is 2.21. The summed E-state index contributed by atoms with van der Waals surface area (Å²) in [5, 5.41) is 14.2. The van der Waals surface area contributed by atoms with Crippen LogP contribution in [0.1, 0.15) is 69.6 Å². The van der Waals surface area contributed by atoms with E-state index in [9.17, 15) is 5.11 Å². The maximum absolute atomic E-state index is 10.6. The molecular weight excluding hydrogens is 260 g/mol. The third-order valence-electron chi connectivity index (χ3n) is 4.48. The third kappa shape index (κ3) is 4.21. The lowest BCUT2D eigenvalue weighted by Crippen LogP contribution is -2.30. The molecule has 118 valence electrons. The van der Waals surface area contributed by atoms with Crippen molar-refractivity contribution in [3.05, 3.63) is 28.8 Å². The SMILES string of the molecule is CC(C)(C)c1cc(CN)cc(CNC2CCCCC2)c1O. The zero-order valence-corrected chi connectivity index (χ0v) is 13.7. The molecule has 0 heterocycles. The van der Waals surface area contributed by atoms with Crippen LogP contribution in [0.3, 0.4) is 0 Å². The van der Waals surface area contributed by atoms with Crippen molar-refractivity contribution < 1.29 is 5.11 Å². The Morgan fingerprint density at radius 3 is 2.43 bits per heavy atom. The zero-order valence-electron chi connectivity index (χ0n) is 13.7. The molecular formula is C18H30N2O. The second-order valence-corrected chi connectivity index (χ2v) is 7.32. The Labute approximate surface area is 128 Å². The molecule has 0 spiro atoms. The van der Waals surface area contributed by atoms with E-state index in [1.807, 2.05) is 12.1 Å². The largest absolute Gasteiger partial charge is 0.507 e. The first-order valence-electron chi connectivity index (χ1n) is 8.20. The van der Waals surface area contributed by atoms with Crippen molar-refractivity contribution in [3.63, 3.8) is 0 Å². The minimum atomic E-state index is -0.0746. The summed E-state index contributed by atoms with van der Waals surface area (Å²) >= 11 is 0. The maximum atomic E-state index is 10.6. The topological polar surface area (TPSA) is 58.3 Å². The summed E-state index contributed by atoms with van der Waals surface area (Å²) in [6.45, 7) is 7.62. The van der Waals surface area contributed by atoms with Crippen LogP contribution in [0.25, 0.3) is 0 Å². The minimum Gasteiger partial charge on any atom is -0.507 e. The summed E-state index contributed by atoms with van der Waals surface area (Å²) in [4.78, 5) is 0. The Morgan fingerprint density at radius 1 is 1.19 bits per heavy atom. The monoisotopic (exact) mass is 290 g/mol. The Bertz CT molecular complexity index is 471. The Kier molecular flexibility index (Phi) is 5.28. The van der Waals surface area contributed by atoms with Gasteiger partial charge in [0.25, 0.3) is 0 Å². The molecule has 1 aromatic carbocycles. The van der Waals surface area contributed by atoms with Crippen molar-refractivity contribution in [3.8, 4) is 5.75 Å². The number of nitrogens with one attached hydrogen (secondary N) is 1. The second-order valence-electron chi connectivity index (χ2n) is 7.32. The molecule has 1 aromatic rings. The minimum absolute atomic E-state index is 0.0746. The molecule has 1 saturated carbocycles. The highest BCUT2D eigenvalue weighted by Crippen LogP contribution is 2.34. The Hall–Kier alpha value is -1.06. The molecule has 0 aromatic heterocycles. The number of hydrogen-bond acceptors (Lipinski definition) is 3. The average Bonchev–Trinajstić information content (AvgIpc) is 2.46. The first-order chi connectivity index (χ1) is 9.91. The molecule has 0 radical (unpaired) electrons. The van der Waals surface area contributed by atoms with Crippen LogP contribution in [0.2, 0.25) is 0 Å². The fraction of sp³-hybridized carbons (Fsp3) is 0.667. The molecule has 3 nitrogen and oxygen atoms in total. The van der Waals surface area contributed by atoms with Crippen LogP contribution < -0.4 is 11.1 Å². The Balaban J connectivity index is 2.17. The average molecular weight is 290 g/mol. The van der Waals surface area contributed by atoms with Gasteiger partial charge in [-0.15, -0.1) is 0 Å². The van der Waals surface area contributed by atoms with Crippen LogP contribution in [0.4, 0.5) is 0 Å². The fourth-order valence-electron chi connectivity index (χ4n) is 3.15. The van der Waals surface area contributed by atoms with Gasteiger partial charge in [0.1, 0.15) is 5.75 Å². The first kappa shape index (κ1) is 16.3. The molecule has 2 rings (SSSR count). The number of rotatable bonds is 4. The van der Waals surface area contributed by atoms with E-state index in [1.54, 1.807) is 0 Å². The van der Waals surface area contributed by atoms with Crippen molar-refractivity contribution in [2.75, 3.05) is 0 Å². The number of phenolic OH excluding ortho intramolecular Hbond substituents is 1. The summed E-state index contributed by atoms with van der Waals surface area (Å²) in [6, 6.07) is 4.68. The van der Waals surface area contributed by atoms with Crippen molar-refractivity contribution in [2.24, 2.45) is 5.73 Å². The normalized spacial score (nSPS) is 17.1. The number of aromatic hydroxyl groups is 1. The van der Waals surface area contributed by atoms with Crippen molar-refractivity contribution in [1.82, 2.24) is 5.32 Å². The van der Waals surface area contributed by atoms with E-state index >= 15 is 0 Å². The molecule has 0 atom stereocenters. The molecule has 0 bridgehead atoms. The molecule has 21 heavy (non-hydrogen) atoms. The quantitative estimate of drug-likeness (QED) is 0.794. The summed E-state index contributed by atoms with van der Waals surface area (Å²) in [5.41, 5.74) is 8.81. The molecule has 0 unspecified atom stereocenters. The Morgan fingerprint density at radius 2 is 1.86 bits per heavy atom. The summed E-state index contributed by atoms with van der Waals surface area (Å²) in [5.74, 6) is 0.433. The number of benzene rings is 1. The maximum Gasteiger partial charge on any atom is 0.123 e. The summed E-state index contributed by atoms with van der Waals surface area (Å²) < 4.78 is 0. The van der Waals surface area contributed by atoms with Gasteiger partial charge in [-0.3, -0.25) is 0 Å². The van der Waals surface area contributed by atoms with E-state index in [0.717, 1.165) is 23.2 Å². The number of hydrogen-bond donors (Lipinski definition) is 3. The molecule has 3 heteroatoms.